The van der Waals surface area contributed by atoms with E-state index < -0.39 is 0 Å². The Morgan fingerprint density at radius 3 is 1.48 bits per heavy atom. The van der Waals surface area contributed by atoms with Crippen molar-refractivity contribution in [2.24, 2.45) is 0 Å². The molecule has 0 aliphatic heterocycles. The molecule has 0 aliphatic carbocycles. The Hall–Kier alpha value is -2.94. The normalized spacial score (nSPS) is 9.54. The maximum Gasteiger partial charge on any atom is 0.0297 e. The van der Waals surface area contributed by atoms with Gasteiger partial charge in [0.15, 0.2) is 0 Å². The van der Waals surface area contributed by atoms with Crippen LogP contribution in [0.15, 0.2) is 103 Å². The molecule has 3 heterocycles. The van der Waals surface area contributed by atoms with E-state index in [0.717, 1.165) is 39.5 Å². The molecule has 3 nitrogen and oxygen atoms in total. The van der Waals surface area contributed by atoms with Crippen LogP contribution in [-0.4, -0.2) is 15.0 Å². The van der Waals surface area contributed by atoms with Crippen molar-refractivity contribution in [3.05, 3.63) is 161 Å². The van der Waals surface area contributed by atoms with Crippen LogP contribution < -0.4 is 0 Å². The maximum atomic E-state index is 4.57. The average molecular weight is 1140 g/mol. The minimum atomic E-state index is 0. The topological polar surface area (TPSA) is 38.7 Å². The van der Waals surface area contributed by atoms with Gasteiger partial charge in [-0.15, -0.1) is 108 Å². The summed E-state index contributed by atoms with van der Waals surface area (Å²) in [6.07, 6.45) is 3.80. The molecule has 6 heteroatoms. The summed E-state index contributed by atoms with van der Waals surface area (Å²) in [7, 11) is 0. The number of aryl methyl sites for hydroxylation is 6. The van der Waals surface area contributed by atoms with Gasteiger partial charge in [-0.25, -0.2) is 0 Å². The first-order valence-electron chi connectivity index (χ1n) is 14.5. The van der Waals surface area contributed by atoms with Crippen molar-refractivity contribution in [3.8, 4) is 33.8 Å². The van der Waals surface area contributed by atoms with Crippen molar-refractivity contribution in [1.29, 1.82) is 0 Å². The second-order valence-electron chi connectivity index (χ2n) is 10.7. The molecule has 6 rings (SSSR count). The van der Waals surface area contributed by atoms with Crippen LogP contribution >= 0.6 is 0 Å². The smallest absolute Gasteiger partial charge is 0.0297 e. The first-order valence-corrected chi connectivity index (χ1v) is 14.5. The van der Waals surface area contributed by atoms with Crippen LogP contribution in [0, 0.1) is 66.7 Å². The molecule has 0 N–H and O–H groups in total. The third-order valence-electron chi connectivity index (χ3n) is 7.30. The van der Waals surface area contributed by atoms with Gasteiger partial charge in [-0.2, -0.15) is 0 Å². The van der Waals surface area contributed by atoms with E-state index in [9.17, 15) is 0 Å². The molecular formula is C40H38Ir3N3-3. The predicted molar refractivity (Wildman–Crippen MR) is 179 cm³/mol. The number of hydrogen-bond acceptors (Lipinski definition) is 3. The van der Waals surface area contributed by atoms with Crippen molar-refractivity contribution in [3.63, 3.8) is 0 Å². The number of hydrogen-bond donors (Lipinski definition) is 0. The third kappa shape index (κ3) is 11.7. The molecular weight excluding hydrogens is 1100 g/mol. The number of benzene rings is 3. The van der Waals surface area contributed by atoms with E-state index in [1.54, 1.807) is 0 Å². The van der Waals surface area contributed by atoms with Gasteiger partial charge in [-0.3, -0.25) is 0 Å². The summed E-state index contributed by atoms with van der Waals surface area (Å²) >= 11 is 0. The SMILES string of the molecule is Cc1cc(-c2[c-]cccc2)nc(C)c1C.Cc1cnc(-c2[c-]cccc2)c(C)c1.Cc1cnc(-c2[c-]cccc2)cc1C.[Ir].[Ir].[Ir]. The molecule has 3 radical (unpaired) electrons. The first kappa shape index (κ1) is 41.1. The van der Waals surface area contributed by atoms with Crippen molar-refractivity contribution in [2.45, 2.75) is 48.5 Å². The van der Waals surface area contributed by atoms with Crippen molar-refractivity contribution in [1.82, 2.24) is 15.0 Å². The standard InChI is InChI=1S/C14H14N.2C13H12N.3Ir/c1-10-9-14(15-12(3)11(10)2)13-7-5-4-6-8-13;1-10-8-13(14-9-11(10)2)12-6-4-3-5-7-12;1-10-8-11(2)13(14-9-10)12-6-4-3-5-7-12;;;/h4-7,9H,1-3H3;2*3-6,8-9H,1-2H3;;;/q3*-1;;;. The zero-order valence-corrected chi connectivity index (χ0v) is 34.3. The van der Waals surface area contributed by atoms with E-state index >= 15 is 0 Å². The Morgan fingerprint density at radius 1 is 0.478 bits per heavy atom. The molecule has 0 bridgehead atoms. The van der Waals surface area contributed by atoms with Crippen molar-refractivity contribution >= 4 is 0 Å². The van der Waals surface area contributed by atoms with Crippen molar-refractivity contribution < 1.29 is 60.3 Å². The molecule has 0 spiro atoms. The van der Waals surface area contributed by atoms with E-state index in [1.165, 1.54) is 33.4 Å². The number of aromatic nitrogens is 3. The fraction of sp³-hybridized carbons (Fsp3) is 0.175. The van der Waals surface area contributed by atoms with Gasteiger partial charge in [0.2, 0.25) is 0 Å². The Kier molecular flexibility index (Phi) is 18.2. The molecule has 243 valence electrons. The second kappa shape index (κ2) is 20.3. The minimum Gasteiger partial charge on any atom is -0.304 e. The number of rotatable bonds is 3. The fourth-order valence-corrected chi connectivity index (χ4v) is 4.45. The zero-order valence-electron chi connectivity index (χ0n) is 27.2. The van der Waals surface area contributed by atoms with Gasteiger partial charge in [-0.1, -0.05) is 34.9 Å². The number of nitrogens with zero attached hydrogens (tertiary/aromatic N) is 3. The quantitative estimate of drug-likeness (QED) is 0.166. The summed E-state index contributed by atoms with van der Waals surface area (Å²) in [5, 5.41) is 0. The maximum absolute atomic E-state index is 4.57. The Morgan fingerprint density at radius 2 is 1.00 bits per heavy atom. The fourth-order valence-electron chi connectivity index (χ4n) is 4.45. The molecule has 3 aromatic heterocycles. The summed E-state index contributed by atoms with van der Waals surface area (Å²) in [5.74, 6) is 0. The van der Waals surface area contributed by atoms with Crippen LogP contribution in [0.2, 0.25) is 0 Å². The van der Waals surface area contributed by atoms with E-state index in [1.807, 2.05) is 85.2 Å². The summed E-state index contributed by atoms with van der Waals surface area (Å²) < 4.78 is 0. The molecule has 0 amide bonds. The summed E-state index contributed by atoms with van der Waals surface area (Å²) in [4.78, 5) is 13.4. The Bertz CT molecular complexity index is 1750. The molecule has 0 unspecified atom stereocenters. The summed E-state index contributed by atoms with van der Waals surface area (Å²) in [6.45, 7) is 14.6. The molecule has 0 aliphatic rings. The van der Waals surface area contributed by atoms with Crippen LogP contribution in [0.1, 0.15) is 39.1 Å². The molecule has 46 heavy (non-hydrogen) atoms. The van der Waals surface area contributed by atoms with Crippen LogP contribution in [0.4, 0.5) is 0 Å². The van der Waals surface area contributed by atoms with Gasteiger partial charge in [0.1, 0.15) is 0 Å². The van der Waals surface area contributed by atoms with Gasteiger partial charge >= 0.3 is 0 Å². The molecule has 0 atom stereocenters. The van der Waals surface area contributed by atoms with Crippen LogP contribution in [0.25, 0.3) is 33.8 Å². The van der Waals surface area contributed by atoms with Gasteiger partial charge in [0.05, 0.1) is 0 Å². The van der Waals surface area contributed by atoms with Gasteiger partial charge in [-0.05, 0) is 82.2 Å². The Labute approximate surface area is 315 Å². The third-order valence-corrected chi connectivity index (χ3v) is 7.30. The van der Waals surface area contributed by atoms with Crippen LogP contribution in [-0.2, 0) is 60.3 Å². The van der Waals surface area contributed by atoms with E-state index in [4.69, 9.17) is 0 Å². The summed E-state index contributed by atoms with van der Waals surface area (Å²) in [6, 6.07) is 39.7. The van der Waals surface area contributed by atoms with E-state index in [-0.39, 0.29) is 60.3 Å². The first-order chi connectivity index (χ1) is 20.7. The van der Waals surface area contributed by atoms with Gasteiger partial charge in [0, 0.05) is 78.4 Å². The Balaban J connectivity index is 0.000000334. The average Bonchev–Trinajstić information content (AvgIpc) is 3.03. The molecule has 3 aromatic carbocycles. The zero-order chi connectivity index (χ0) is 30.8. The molecule has 0 saturated carbocycles. The number of pyridine rings is 3. The van der Waals surface area contributed by atoms with Gasteiger partial charge in [0.25, 0.3) is 0 Å². The van der Waals surface area contributed by atoms with E-state index in [2.05, 4.69) is 99.8 Å². The predicted octanol–water partition coefficient (Wildman–Crippen LogP) is 9.80. The monoisotopic (exact) mass is 1140 g/mol. The molecule has 0 fully saturated rings. The van der Waals surface area contributed by atoms with E-state index in [0.29, 0.717) is 0 Å². The molecule has 0 saturated heterocycles. The van der Waals surface area contributed by atoms with Gasteiger partial charge < -0.3 is 15.0 Å². The summed E-state index contributed by atoms with van der Waals surface area (Å²) in [5.41, 5.74) is 14.8. The van der Waals surface area contributed by atoms with Crippen molar-refractivity contribution in [2.75, 3.05) is 0 Å². The largest absolute Gasteiger partial charge is 0.304 e. The van der Waals surface area contributed by atoms with Crippen LogP contribution in [0.3, 0.4) is 0 Å². The minimum absolute atomic E-state index is 0. The molecule has 6 aromatic rings. The second-order valence-corrected chi connectivity index (χ2v) is 10.7. The van der Waals surface area contributed by atoms with Crippen LogP contribution in [0.5, 0.6) is 0 Å².